The predicted molar refractivity (Wildman–Crippen MR) is 110 cm³/mol. The van der Waals surface area contributed by atoms with Crippen LogP contribution in [-0.2, 0) is 4.79 Å². The Kier molecular flexibility index (Phi) is 5.81. The summed E-state index contributed by atoms with van der Waals surface area (Å²) in [6.07, 6.45) is 2.60. The molecular formula is C21H24N4O4. The Hall–Kier alpha value is -3.42. The lowest BCUT2D eigenvalue weighted by Gasteiger charge is -2.19. The molecule has 0 aliphatic carbocycles. The summed E-state index contributed by atoms with van der Waals surface area (Å²) >= 11 is 0. The van der Waals surface area contributed by atoms with Crippen molar-refractivity contribution in [2.24, 2.45) is 0 Å². The fraction of sp³-hybridized carbons (Fsp3) is 0.333. The van der Waals surface area contributed by atoms with E-state index in [2.05, 4.69) is 23.9 Å². The van der Waals surface area contributed by atoms with Gasteiger partial charge in [-0.3, -0.25) is 4.79 Å². The zero-order chi connectivity index (χ0) is 21.1. The number of nitrogens with zero attached hydrogens (tertiary/aromatic N) is 4. The van der Waals surface area contributed by atoms with E-state index in [9.17, 15) is 9.59 Å². The third-order valence-electron chi connectivity index (χ3n) is 4.82. The first-order valence-corrected chi connectivity index (χ1v) is 9.39. The average molecular weight is 396 g/mol. The summed E-state index contributed by atoms with van der Waals surface area (Å²) < 4.78 is 6.99. The van der Waals surface area contributed by atoms with Crippen molar-refractivity contribution in [3.05, 3.63) is 47.8 Å². The Balaban J connectivity index is 1.90. The second-order valence-electron chi connectivity index (χ2n) is 6.94. The summed E-state index contributed by atoms with van der Waals surface area (Å²) in [6.45, 7) is 5.59. The number of hydrogen-bond donors (Lipinski definition) is 1. The minimum atomic E-state index is -1.05. The number of aromatic nitrogens is 3. The molecule has 1 atom stereocenters. The number of carboxylic acid groups (broad SMARTS) is 1. The largest absolute Gasteiger partial charge is 0.482 e. The van der Waals surface area contributed by atoms with Crippen LogP contribution < -0.4 is 9.64 Å². The number of anilines is 1. The predicted octanol–water partition coefficient (Wildman–Crippen LogP) is 3.45. The van der Waals surface area contributed by atoms with Crippen molar-refractivity contribution in [3.63, 3.8) is 0 Å². The van der Waals surface area contributed by atoms with E-state index < -0.39 is 12.6 Å². The van der Waals surface area contributed by atoms with Crippen molar-refractivity contribution < 1.29 is 19.4 Å². The highest BCUT2D eigenvalue weighted by Gasteiger charge is 2.21. The standard InChI is InChI=1S/C21H24N4O4/c1-5-14(3)25-20-18(11-22-25)17(10-13(2)23-20)21(28)24(4)15-6-8-16(9-7-15)29-12-19(26)27/h6-11,14H,5,12H2,1-4H3,(H,26,27). The fourth-order valence-corrected chi connectivity index (χ4v) is 3.02. The van der Waals surface area contributed by atoms with E-state index in [-0.39, 0.29) is 11.9 Å². The molecule has 8 nitrogen and oxygen atoms in total. The number of amides is 1. The molecule has 0 radical (unpaired) electrons. The summed E-state index contributed by atoms with van der Waals surface area (Å²) in [5.74, 6) is -0.797. The first kappa shape index (κ1) is 20.3. The second-order valence-corrected chi connectivity index (χ2v) is 6.94. The molecule has 1 amide bonds. The van der Waals surface area contributed by atoms with Gasteiger partial charge >= 0.3 is 5.97 Å². The molecule has 0 spiro atoms. The van der Waals surface area contributed by atoms with Gasteiger partial charge in [0.1, 0.15) is 5.75 Å². The second kappa shape index (κ2) is 8.30. The molecule has 0 aliphatic rings. The van der Waals surface area contributed by atoms with Crippen LogP contribution in [0.15, 0.2) is 36.5 Å². The van der Waals surface area contributed by atoms with E-state index in [1.165, 1.54) is 4.90 Å². The van der Waals surface area contributed by atoms with Gasteiger partial charge in [-0.2, -0.15) is 5.10 Å². The molecule has 1 unspecified atom stereocenters. The van der Waals surface area contributed by atoms with Crippen LogP contribution in [0.25, 0.3) is 11.0 Å². The molecule has 152 valence electrons. The van der Waals surface area contributed by atoms with Crippen LogP contribution >= 0.6 is 0 Å². The number of rotatable bonds is 7. The lowest BCUT2D eigenvalue weighted by atomic mass is 10.1. The molecule has 2 heterocycles. The number of pyridine rings is 1. The van der Waals surface area contributed by atoms with E-state index in [4.69, 9.17) is 9.84 Å². The van der Waals surface area contributed by atoms with Gasteiger partial charge in [-0.15, -0.1) is 0 Å². The summed E-state index contributed by atoms with van der Waals surface area (Å²) in [4.78, 5) is 29.9. The highest BCUT2D eigenvalue weighted by molar-refractivity contribution is 6.13. The maximum absolute atomic E-state index is 13.2. The van der Waals surface area contributed by atoms with Crippen LogP contribution in [0.3, 0.4) is 0 Å². The summed E-state index contributed by atoms with van der Waals surface area (Å²) in [6, 6.07) is 8.65. The molecular weight excluding hydrogens is 372 g/mol. The van der Waals surface area contributed by atoms with Crippen molar-refractivity contribution in [1.29, 1.82) is 0 Å². The minimum Gasteiger partial charge on any atom is -0.482 e. The Morgan fingerprint density at radius 1 is 1.28 bits per heavy atom. The number of carbonyl (C=O) groups is 2. The maximum Gasteiger partial charge on any atom is 0.341 e. The summed E-state index contributed by atoms with van der Waals surface area (Å²) in [7, 11) is 1.69. The van der Waals surface area contributed by atoms with Crippen LogP contribution in [0.1, 0.15) is 42.4 Å². The van der Waals surface area contributed by atoms with Crippen LogP contribution in [0.2, 0.25) is 0 Å². The van der Waals surface area contributed by atoms with Gasteiger partial charge in [0.15, 0.2) is 12.3 Å². The Labute approximate surface area is 168 Å². The molecule has 1 N–H and O–H groups in total. The molecule has 0 saturated carbocycles. The maximum atomic E-state index is 13.2. The van der Waals surface area contributed by atoms with Gasteiger partial charge in [0.05, 0.1) is 23.2 Å². The smallest absolute Gasteiger partial charge is 0.341 e. The summed E-state index contributed by atoms with van der Waals surface area (Å²) in [5.41, 5.74) is 2.65. The van der Waals surface area contributed by atoms with Crippen molar-refractivity contribution in [3.8, 4) is 5.75 Å². The van der Waals surface area contributed by atoms with E-state index >= 15 is 0 Å². The third kappa shape index (κ3) is 4.21. The molecule has 0 aliphatic heterocycles. The van der Waals surface area contributed by atoms with Gasteiger partial charge in [-0.25, -0.2) is 14.5 Å². The van der Waals surface area contributed by atoms with Crippen molar-refractivity contribution >= 4 is 28.6 Å². The van der Waals surface area contributed by atoms with Crippen molar-refractivity contribution in [2.45, 2.75) is 33.2 Å². The van der Waals surface area contributed by atoms with Crippen molar-refractivity contribution in [2.75, 3.05) is 18.6 Å². The molecule has 8 heteroatoms. The molecule has 1 aromatic carbocycles. The Morgan fingerprint density at radius 2 is 1.97 bits per heavy atom. The minimum absolute atomic E-state index is 0.177. The quantitative estimate of drug-likeness (QED) is 0.657. The molecule has 3 rings (SSSR count). The number of hydrogen-bond acceptors (Lipinski definition) is 5. The monoisotopic (exact) mass is 396 g/mol. The topological polar surface area (TPSA) is 97.6 Å². The number of aryl methyl sites for hydroxylation is 1. The Bertz CT molecular complexity index is 1040. The zero-order valence-corrected chi connectivity index (χ0v) is 16.9. The molecule has 0 bridgehead atoms. The van der Waals surface area contributed by atoms with Crippen LogP contribution in [-0.4, -0.2) is 45.4 Å². The normalized spacial score (nSPS) is 12.0. The molecule has 2 aromatic heterocycles. The molecule has 3 aromatic rings. The highest BCUT2D eigenvalue weighted by atomic mass is 16.5. The number of ether oxygens (including phenoxy) is 1. The zero-order valence-electron chi connectivity index (χ0n) is 16.9. The molecule has 0 saturated heterocycles. The first-order chi connectivity index (χ1) is 13.8. The fourth-order valence-electron chi connectivity index (χ4n) is 3.02. The van der Waals surface area contributed by atoms with E-state index in [0.29, 0.717) is 28.0 Å². The lowest BCUT2D eigenvalue weighted by Crippen LogP contribution is -2.26. The van der Waals surface area contributed by atoms with Gasteiger partial charge in [-0.1, -0.05) is 6.92 Å². The number of carboxylic acids is 1. The summed E-state index contributed by atoms with van der Waals surface area (Å²) in [5, 5.41) is 13.9. The van der Waals surface area contributed by atoms with Gasteiger partial charge in [0.2, 0.25) is 0 Å². The van der Waals surface area contributed by atoms with E-state index in [0.717, 1.165) is 12.1 Å². The molecule has 0 fully saturated rings. The lowest BCUT2D eigenvalue weighted by molar-refractivity contribution is -0.139. The van der Waals surface area contributed by atoms with Gasteiger partial charge in [-0.05, 0) is 50.6 Å². The average Bonchev–Trinajstić information content (AvgIpc) is 3.14. The van der Waals surface area contributed by atoms with Gasteiger partial charge < -0.3 is 14.7 Å². The number of fused-ring (bicyclic) bond motifs is 1. The number of aliphatic carboxylic acids is 1. The van der Waals surface area contributed by atoms with Crippen LogP contribution in [0, 0.1) is 6.92 Å². The van der Waals surface area contributed by atoms with Crippen LogP contribution in [0.4, 0.5) is 5.69 Å². The van der Waals surface area contributed by atoms with Crippen molar-refractivity contribution in [1.82, 2.24) is 14.8 Å². The van der Waals surface area contributed by atoms with E-state index in [1.54, 1.807) is 43.6 Å². The van der Waals surface area contributed by atoms with Crippen LogP contribution in [0.5, 0.6) is 5.75 Å². The SMILES string of the molecule is CCC(C)n1ncc2c(C(=O)N(C)c3ccc(OCC(=O)O)cc3)cc(C)nc21. The third-order valence-corrected chi connectivity index (χ3v) is 4.82. The Morgan fingerprint density at radius 3 is 2.59 bits per heavy atom. The van der Waals surface area contributed by atoms with E-state index in [1.807, 2.05) is 11.6 Å². The van der Waals surface area contributed by atoms with Gasteiger partial charge in [0, 0.05) is 18.4 Å². The first-order valence-electron chi connectivity index (χ1n) is 9.39. The number of benzene rings is 1. The van der Waals surface area contributed by atoms with Gasteiger partial charge in [0.25, 0.3) is 5.91 Å². The molecule has 29 heavy (non-hydrogen) atoms. The number of carbonyl (C=O) groups excluding carboxylic acids is 1. The highest BCUT2D eigenvalue weighted by Crippen LogP contribution is 2.25.